The number of carbonyl (C=O) groups is 6. The Hall–Kier alpha value is -6.95. The lowest BCUT2D eigenvalue weighted by Gasteiger charge is -2.48. The molecule has 6 aliphatic heterocycles. The van der Waals surface area contributed by atoms with E-state index in [0.29, 0.717) is 49.7 Å². The van der Waals surface area contributed by atoms with Crippen LogP contribution in [0.15, 0.2) is 72.8 Å². The lowest BCUT2D eigenvalue weighted by atomic mass is 9.88. The van der Waals surface area contributed by atoms with Crippen LogP contribution in [0.4, 0.5) is 33.6 Å². The van der Waals surface area contributed by atoms with Gasteiger partial charge in [0.05, 0.1) is 17.2 Å². The minimum absolute atomic E-state index is 0.00447. The van der Waals surface area contributed by atoms with Gasteiger partial charge < -0.3 is 25.8 Å². The van der Waals surface area contributed by atoms with Crippen molar-refractivity contribution < 1.29 is 28.8 Å². The van der Waals surface area contributed by atoms with E-state index >= 15 is 0 Å². The summed E-state index contributed by atoms with van der Waals surface area (Å²) in [6, 6.07) is 22.5. The van der Waals surface area contributed by atoms with Gasteiger partial charge in [-0.3, -0.25) is 44.0 Å². The molecule has 6 aliphatic rings. The maximum Gasteiger partial charge on any atom is 0.324 e. The van der Waals surface area contributed by atoms with Gasteiger partial charge in [-0.2, -0.15) is 4.98 Å². The molecular weight excluding hydrogens is 805 g/mol. The van der Waals surface area contributed by atoms with Crippen LogP contribution < -0.4 is 31.1 Å². The van der Waals surface area contributed by atoms with Crippen LogP contribution in [0.2, 0.25) is 0 Å². The van der Waals surface area contributed by atoms with E-state index in [1.54, 1.807) is 12.1 Å². The molecule has 324 valence electrons. The second-order valence-corrected chi connectivity index (χ2v) is 17.2. The minimum Gasteiger partial charge on any atom is -0.368 e. The number of fused-ring (bicyclic) bond motifs is 1. The molecule has 3 aromatic carbocycles. The summed E-state index contributed by atoms with van der Waals surface area (Å²) in [4.78, 5) is 92.7. The standard InChI is InChI=1S/C45H48N12O6/c46-39(59)38-40(49-44(51-50-38)53-18-4-7-32(24-53)56-22-21-55(45(56)63)30-5-2-1-3-6-30)47-29-10-8-27(9-11-29)28-16-19-52(20-17-28)33-25-54(26-33)31-12-13-34-35(23-31)43(62)57(42(34)61)36-14-15-37(58)48-41(36)60/h1-3,5-6,8-13,23,28,32-33,36H,4,7,14-22,24-26H2,(H2,46,59)(H,47,49,51)(H,48,58,60). The van der Waals surface area contributed by atoms with Gasteiger partial charge in [-0.15, -0.1) is 10.2 Å². The first-order valence-corrected chi connectivity index (χ1v) is 21.7. The van der Waals surface area contributed by atoms with Gasteiger partial charge in [-0.05, 0) is 99.1 Å². The van der Waals surface area contributed by atoms with Crippen molar-refractivity contribution in [1.29, 1.82) is 0 Å². The molecule has 0 radical (unpaired) electrons. The molecule has 0 saturated carbocycles. The van der Waals surface area contributed by atoms with Gasteiger partial charge in [0.25, 0.3) is 17.7 Å². The average Bonchev–Trinajstić information content (AvgIpc) is 3.79. The van der Waals surface area contributed by atoms with Gasteiger partial charge in [-0.1, -0.05) is 30.3 Å². The first kappa shape index (κ1) is 40.1. The number of imide groups is 2. The van der Waals surface area contributed by atoms with E-state index in [4.69, 9.17) is 10.7 Å². The Morgan fingerprint density at radius 1 is 0.730 bits per heavy atom. The van der Waals surface area contributed by atoms with Crippen molar-refractivity contribution in [3.05, 3.63) is 95.2 Å². The summed E-state index contributed by atoms with van der Waals surface area (Å²) in [6.45, 7) is 6.02. The molecule has 4 N–H and O–H groups in total. The number of nitrogens with zero attached hydrogens (tertiary/aromatic N) is 9. The summed E-state index contributed by atoms with van der Waals surface area (Å²) in [6.07, 6.45) is 3.93. The molecule has 5 saturated heterocycles. The number of aromatic nitrogens is 3. The van der Waals surface area contributed by atoms with Crippen molar-refractivity contribution in [2.75, 3.05) is 72.4 Å². The Labute approximate surface area is 363 Å². The van der Waals surface area contributed by atoms with Crippen LogP contribution in [0.1, 0.15) is 81.2 Å². The Morgan fingerprint density at radius 2 is 1.48 bits per heavy atom. The third kappa shape index (κ3) is 7.57. The predicted octanol–water partition coefficient (Wildman–Crippen LogP) is 3.09. The van der Waals surface area contributed by atoms with Crippen LogP contribution in [0, 0.1) is 0 Å². The molecule has 18 heteroatoms. The van der Waals surface area contributed by atoms with Gasteiger partial charge in [0.15, 0.2) is 11.5 Å². The van der Waals surface area contributed by atoms with Crippen LogP contribution in [-0.2, 0) is 9.59 Å². The smallest absolute Gasteiger partial charge is 0.324 e. The van der Waals surface area contributed by atoms with Crippen molar-refractivity contribution in [2.45, 2.75) is 62.6 Å². The largest absolute Gasteiger partial charge is 0.368 e. The van der Waals surface area contributed by atoms with Gasteiger partial charge in [0.2, 0.25) is 17.8 Å². The van der Waals surface area contributed by atoms with Crippen molar-refractivity contribution in [3.63, 3.8) is 0 Å². The fourth-order valence-electron chi connectivity index (χ4n) is 9.96. The molecule has 5 fully saturated rings. The second-order valence-electron chi connectivity index (χ2n) is 17.2. The molecule has 0 bridgehead atoms. The number of anilines is 5. The molecule has 7 amide bonds. The molecule has 0 spiro atoms. The molecule has 2 atom stereocenters. The van der Waals surface area contributed by atoms with Gasteiger partial charge >= 0.3 is 6.03 Å². The van der Waals surface area contributed by atoms with Crippen LogP contribution in [-0.4, -0.2) is 136 Å². The van der Waals surface area contributed by atoms with Crippen LogP contribution in [0.3, 0.4) is 0 Å². The van der Waals surface area contributed by atoms with E-state index in [1.165, 1.54) is 5.56 Å². The van der Waals surface area contributed by atoms with E-state index in [0.717, 1.165) is 73.8 Å². The quantitative estimate of drug-likeness (QED) is 0.196. The zero-order chi connectivity index (χ0) is 43.4. The van der Waals surface area contributed by atoms with Crippen LogP contribution in [0.25, 0.3) is 0 Å². The van der Waals surface area contributed by atoms with E-state index in [9.17, 15) is 28.8 Å². The Morgan fingerprint density at radius 3 is 2.22 bits per heavy atom. The van der Waals surface area contributed by atoms with Crippen LogP contribution in [0.5, 0.6) is 0 Å². The first-order chi connectivity index (χ1) is 30.6. The highest BCUT2D eigenvalue weighted by Gasteiger charge is 2.45. The normalized spacial score (nSPS) is 22.4. The van der Waals surface area contributed by atoms with Gasteiger partial charge in [0.1, 0.15) is 6.04 Å². The number of urea groups is 1. The number of piperidine rings is 3. The highest BCUT2D eigenvalue weighted by molar-refractivity contribution is 6.23. The van der Waals surface area contributed by atoms with E-state index < -0.39 is 35.6 Å². The van der Waals surface area contributed by atoms with Crippen molar-refractivity contribution in [3.8, 4) is 0 Å². The highest BCUT2D eigenvalue weighted by atomic mass is 16.2. The molecule has 4 aromatic rings. The Kier molecular flexibility index (Phi) is 10.4. The first-order valence-electron chi connectivity index (χ1n) is 21.7. The number of para-hydroxylation sites is 1. The third-order valence-corrected chi connectivity index (χ3v) is 13.5. The van der Waals surface area contributed by atoms with E-state index in [1.807, 2.05) is 63.2 Å². The summed E-state index contributed by atoms with van der Waals surface area (Å²) < 4.78 is 0. The zero-order valence-corrected chi connectivity index (χ0v) is 34.7. The number of hydrogen-bond acceptors (Lipinski definition) is 13. The zero-order valence-electron chi connectivity index (χ0n) is 34.7. The van der Waals surface area contributed by atoms with Gasteiger partial charge in [-0.25, -0.2) is 4.79 Å². The number of rotatable bonds is 10. The number of nitrogens with two attached hydrogens (primary N) is 1. The summed E-state index contributed by atoms with van der Waals surface area (Å²) in [5.41, 5.74) is 9.95. The molecule has 7 heterocycles. The molecule has 10 rings (SSSR count). The molecule has 1 aromatic heterocycles. The molecule has 0 aliphatic carbocycles. The lowest BCUT2D eigenvalue weighted by Crippen LogP contribution is -2.60. The second kappa shape index (κ2) is 16.4. The molecule has 18 nitrogen and oxygen atoms in total. The fourth-order valence-corrected chi connectivity index (χ4v) is 9.96. The monoisotopic (exact) mass is 852 g/mol. The number of hydrogen-bond donors (Lipinski definition) is 3. The number of likely N-dealkylation sites (tertiary alicyclic amines) is 1. The van der Waals surface area contributed by atoms with Crippen molar-refractivity contribution in [2.24, 2.45) is 5.73 Å². The predicted molar refractivity (Wildman–Crippen MR) is 232 cm³/mol. The minimum atomic E-state index is -0.986. The summed E-state index contributed by atoms with van der Waals surface area (Å²) in [5.74, 6) is -1.77. The van der Waals surface area contributed by atoms with Crippen molar-refractivity contribution >= 4 is 64.4 Å². The van der Waals surface area contributed by atoms with Gasteiger partial charge in [0, 0.05) is 68.8 Å². The lowest BCUT2D eigenvalue weighted by molar-refractivity contribution is -0.136. The molecule has 63 heavy (non-hydrogen) atoms. The number of primary amides is 1. The highest BCUT2D eigenvalue weighted by Crippen LogP contribution is 2.36. The topological polar surface area (TPSA) is 211 Å². The Bertz CT molecular complexity index is 2490. The maximum absolute atomic E-state index is 13.5. The van der Waals surface area contributed by atoms with E-state index in [-0.39, 0.29) is 42.0 Å². The number of carbonyl (C=O) groups excluding carboxylic acids is 6. The molecular formula is C45H48N12O6. The molecule has 2 unspecified atom stereocenters. The summed E-state index contributed by atoms with van der Waals surface area (Å²) in [7, 11) is 0. The fraction of sp³-hybridized carbons (Fsp3) is 0.400. The summed E-state index contributed by atoms with van der Waals surface area (Å²) >= 11 is 0. The third-order valence-electron chi connectivity index (χ3n) is 13.5. The van der Waals surface area contributed by atoms with Crippen molar-refractivity contribution in [1.82, 2.24) is 35.2 Å². The maximum atomic E-state index is 13.5. The average molecular weight is 853 g/mol. The van der Waals surface area contributed by atoms with Crippen LogP contribution >= 0.6 is 0 Å². The number of amides is 7. The number of benzene rings is 3. The number of nitrogens with one attached hydrogen (secondary N) is 2. The summed E-state index contributed by atoms with van der Waals surface area (Å²) in [5, 5.41) is 14.0. The SMILES string of the molecule is NC(=O)c1nnc(N2CCCC(N3CCN(c4ccccc4)C3=O)C2)nc1Nc1ccc(C2CCN(C3CN(c4ccc5c(c4)C(=O)N(C4CCC(=O)NC4=O)C5=O)C3)CC2)cc1. The Balaban J connectivity index is 0.727. The van der Waals surface area contributed by atoms with E-state index in [2.05, 4.69) is 42.8 Å².